The number of rotatable bonds is 4. The summed E-state index contributed by atoms with van der Waals surface area (Å²) in [5, 5.41) is 3.42. The Kier molecular flexibility index (Phi) is 5.06. The van der Waals surface area contributed by atoms with Crippen LogP contribution in [0.25, 0.3) is 0 Å². The number of alkyl halides is 3. The number of methoxy groups -OCH3 is 1. The Morgan fingerprint density at radius 2 is 1.92 bits per heavy atom. The van der Waals surface area contributed by atoms with Gasteiger partial charge in [0.15, 0.2) is 5.69 Å². The van der Waals surface area contributed by atoms with Gasteiger partial charge in [-0.3, -0.25) is 9.48 Å². The van der Waals surface area contributed by atoms with Gasteiger partial charge in [-0.1, -0.05) is 6.07 Å². The number of benzene rings is 1. The first kappa shape index (κ1) is 18.1. The standard InChI is InChI=1S/C17H19F3N4O2/c1-26-14-4-2-3-13(11-14)22-7-9-23(10-8-22)16(25)12-24-6-5-15(21-24)17(18,19)20/h2-6,11H,7-10,12H2,1H3. The minimum absolute atomic E-state index is 0.199. The first-order valence-corrected chi connectivity index (χ1v) is 8.14. The zero-order chi connectivity index (χ0) is 18.7. The lowest BCUT2D eigenvalue weighted by atomic mass is 10.2. The van der Waals surface area contributed by atoms with Crippen LogP contribution in [-0.2, 0) is 17.5 Å². The molecule has 140 valence electrons. The molecule has 26 heavy (non-hydrogen) atoms. The second-order valence-electron chi connectivity index (χ2n) is 5.97. The summed E-state index contributed by atoms with van der Waals surface area (Å²) in [7, 11) is 1.61. The van der Waals surface area contributed by atoms with Crippen LogP contribution in [0, 0.1) is 0 Å². The van der Waals surface area contributed by atoms with E-state index in [1.54, 1.807) is 12.0 Å². The summed E-state index contributed by atoms with van der Waals surface area (Å²) in [6.45, 7) is 2.10. The van der Waals surface area contributed by atoms with Crippen molar-refractivity contribution in [3.63, 3.8) is 0 Å². The minimum Gasteiger partial charge on any atom is -0.497 e. The van der Waals surface area contributed by atoms with Gasteiger partial charge in [-0.2, -0.15) is 18.3 Å². The molecule has 1 amide bonds. The van der Waals surface area contributed by atoms with Gasteiger partial charge in [0, 0.05) is 44.1 Å². The molecular formula is C17H19F3N4O2. The van der Waals surface area contributed by atoms with Crippen molar-refractivity contribution in [1.82, 2.24) is 14.7 Å². The number of piperazine rings is 1. The first-order valence-electron chi connectivity index (χ1n) is 8.14. The van der Waals surface area contributed by atoms with E-state index in [2.05, 4.69) is 10.00 Å². The second-order valence-corrected chi connectivity index (χ2v) is 5.97. The maximum Gasteiger partial charge on any atom is 0.435 e. The van der Waals surface area contributed by atoms with Crippen molar-refractivity contribution in [2.75, 3.05) is 38.2 Å². The molecule has 0 saturated carbocycles. The van der Waals surface area contributed by atoms with Crippen molar-refractivity contribution < 1.29 is 22.7 Å². The van der Waals surface area contributed by atoms with Crippen LogP contribution in [0.2, 0.25) is 0 Å². The van der Waals surface area contributed by atoms with E-state index in [4.69, 9.17) is 4.74 Å². The van der Waals surface area contributed by atoms with Crippen LogP contribution in [0.3, 0.4) is 0 Å². The Labute approximate surface area is 148 Å². The number of hydrogen-bond acceptors (Lipinski definition) is 4. The van der Waals surface area contributed by atoms with E-state index in [9.17, 15) is 18.0 Å². The number of nitrogens with zero attached hydrogens (tertiary/aromatic N) is 4. The number of amides is 1. The average molecular weight is 368 g/mol. The molecule has 1 aliphatic heterocycles. The Morgan fingerprint density at radius 1 is 1.19 bits per heavy atom. The molecule has 9 heteroatoms. The quantitative estimate of drug-likeness (QED) is 0.831. The largest absolute Gasteiger partial charge is 0.497 e. The normalized spacial score (nSPS) is 15.2. The SMILES string of the molecule is COc1cccc(N2CCN(C(=O)Cn3ccc(C(F)(F)F)n3)CC2)c1. The van der Waals surface area contributed by atoms with Crippen molar-refractivity contribution >= 4 is 11.6 Å². The van der Waals surface area contributed by atoms with Gasteiger partial charge in [-0.15, -0.1) is 0 Å². The van der Waals surface area contributed by atoms with Crippen LogP contribution in [0.5, 0.6) is 5.75 Å². The summed E-state index contributed by atoms with van der Waals surface area (Å²) in [5.41, 5.74) is 0.0199. The molecule has 1 fully saturated rings. The van der Waals surface area contributed by atoms with Gasteiger partial charge in [0.25, 0.3) is 0 Å². The molecule has 6 nitrogen and oxygen atoms in total. The summed E-state index contributed by atoms with van der Waals surface area (Å²) in [6.07, 6.45) is -3.33. The molecule has 0 bridgehead atoms. The molecule has 2 aromatic rings. The molecule has 0 atom stereocenters. The summed E-state index contributed by atoms with van der Waals surface area (Å²) >= 11 is 0. The Balaban J connectivity index is 1.56. The molecule has 2 heterocycles. The van der Waals surface area contributed by atoms with Crippen LogP contribution < -0.4 is 9.64 Å². The van der Waals surface area contributed by atoms with Gasteiger partial charge in [-0.25, -0.2) is 0 Å². The third kappa shape index (κ3) is 4.09. The van der Waals surface area contributed by atoms with E-state index in [1.807, 2.05) is 24.3 Å². The van der Waals surface area contributed by atoms with E-state index in [0.717, 1.165) is 22.2 Å². The van der Waals surface area contributed by atoms with Crippen LogP contribution in [0.4, 0.5) is 18.9 Å². The molecule has 1 aromatic carbocycles. The summed E-state index contributed by atoms with van der Waals surface area (Å²) < 4.78 is 43.9. The summed E-state index contributed by atoms with van der Waals surface area (Å²) in [5.74, 6) is 0.521. The second kappa shape index (κ2) is 7.27. The van der Waals surface area contributed by atoms with Gasteiger partial charge in [-0.05, 0) is 18.2 Å². The lowest BCUT2D eigenvalue weighted by Gasteiger charge is -2.36. The highest BCUT2D eigenvalue weighted by Gasteiger charge is 2.33. The predicted molar refractivity (Wildman–Crippen MR) is 89.0 cm³/mol. The molecule has 1 aliphatic rings. The van der Waals surface area contributed by atoms with Gasteiger partial charge in [0.1, 0.15) is 12.3 Å². The molecule has 1 aromatic heterocycles. The van der Waals surface area contributed by atoms with E-state index in [0.29, 0.717) is 26.2 Å². The summed E-state index contributed by atoms with van der Waals surface area (Å²) in [4.78, 5) is 16.1. The molecular weight excluding hydrogens is 349 g/mol. The van der Waals surface area contributed by atoms with Crippen molar-refractivity contribution in [3.8, 4) is 5.75 Å². The fraction of sp³-hybridized carbons (Fsp3) is 0.412. The molecule has 0 spiro atoms. The van der Waals surface area contributed by atoms with Crippen molar-refractivity contribution in [2.45, 2.75) is 12.7 Å². The molecule has 0 N–H and O–H groups in total. The fourth-order valence-electron chi connectivity index (χ4n) is 2.86. The number of carbonyl (C=O) groups excluding carboxylic acids is 1. The van der Waals surface area contributed by atoms with Crippen LogP contribution >= 0.6 is 0 Å². The lowest BCUT2D eigenvalue weighted by molar-refractivity contribution is -0.142. The van der Waals surface area contributed by atoms with Crippen molar-refractivity contribution in [3.05, 3.63) is 42.2 Å². The number of aromatic nitrogens is 2. The topological polar surface area (TPSA) is 50.6 Å². The Hall–Kier alpha value is -2.71. The van der Waals surface area contributed by atoms with E-state index < -0.39 is 11.9 Å². The molecule has 1 saturated heterocycles. The van der Waals surface area contributed by atoms with Crippen LogP contribution in [-0.4, -0.2) is 53.9 Å². The molecule has 3 rings (SSSR count). The van der Waals surface area contributed by atoms with E-state index in [-0.39, 0.29) is 12.5 Å². The van der Waals surface area contributed by atoms with Crippen LogP contribution in [0.1, 0.15) is 5.69 Å². The minimum atomic E-state index is -4.50. The molecule has 0 unspecified atom stereocenters. The van der Waals surface area contributed by atoms with Crippen molar-refractivity contribution in [2.24, 2.45) is 0 Å². The third-order valence-electron chi connectivity index (χ3n) is 4.28. The van der Waals surface area contributed by atoms with E-state index >= 15 is 0 Å². The third-order valence-corrected chi connectivity index (χ3v) is 4.28. The van der Waals surface area contributed by atoms with E-state index in [1.165, 1.54) is 6.20 Å². The lowest BCUT2D eigenvalue weighted by Crippen LogP contribution is -2.49. The number of carbonyl (C=O) groups is 1. The predicted octanol–water partition coefficient (Wildman–Crippen LogP) is 2.26. The molecule has 0 aliphatic carbocycles. The first-order chi connectivity index (χ1) is 12.4. The van der Waals surface area contributed by atoms with Gasteiger partial charge in [0.2, 0.25) is 5.91 Å². The zero-order valence-electron chi connectivity index (χ0n) is 14.2. The van der Waals surface area contributed by atoms with Crippen LogP contribution in [0.15, 0.2) is 36.5 Å². The number of ether oxygens (including phenoxy) is 1. The molecule has 0 radical (unpaired) electrons. The van der Waals surface area contributed by atoms with Gasteiger partial charge < -0.3 is 14.5 Å². The van der Waals surface area contributed by atoms with Gasteiger partial charge in [0.05, 0.1) is 7.11 Å². The highest BCUT2D eigenvalue weighted by molar-refractivity contribution is 5.76. The van der Waals surface area contributed by atoms with Crippen molar-refractivity contribution in [1.29, 1.82) is 0 Å². The zero-order valence-corrected chi connectivity index (χ0v) is 14.2. The maximum absolute atomic E-state index is 12.6. The number of hydrogen-bond donors (Lipinski definition) is 0. The monoisotopic (exact) mass is 368 g/mol. The number of anilines is 1. The summed E-state index contributed by atoms with van der Waals surface area (Å²) in [6, 6.07) is 8.54. The maximum atomic E-state index is 12.6. The Bertz CT molecular complexity index is 767. The highest BCUT2D eigenvalue weighted by atomic mass is 19.4. The number of halogens is 3. The fourth-order valence-corrected chi connectivity index (χ4v) is 2.86. The average Bonchev–Trinajstić information content (AvgIpc) is 3.11. The Morgan fingerprint density at radius 3 is 2.54 bits per heavy atom. The highest BCUT2D eigenvalue weighted by Crippen LogP contribution is 2.27. The smallest absolute Gasteiger partial charge is 0.435 e. The van der Waals surface area contributed by atoms with Gasteiger partial charge >= 0.3 is 6.18 Å².